The van der Waals surface area contributed by atoms with Crippen LogP contribution < -0.4 is 5.32 Å². The van der Waals surface area contributed by atoms with Gasteiger partial charge in [0.25, 0.3) is 0 Å². The Kier molecular flexibility index (Phi) is 6.85. The summed E-state index contributed by atoms with van der Waals surface area (Å²) in [5.74, 6) is 0. The quantitative estimate of drug-likeness (QED) is 0.752. The predicted octanol–water partition coefficient (Wildman–Crippen LogP) is 5.26. The molecule has 0 spiro atoms. The third-order valence-corrected chi connectivity index (χ3v) is 5.68. The van der Waals surface area contributed by atoms with Gasteiger partial charge in [-0.1, -0.05) is 42.5 Å². The Morgan fingerprint density at radius 3 is 2.32 bits per heavy atom. The number of nitrogens with zero attached hydrogens (tertiary/aromatic N) is 2. The zero-order chi connectivity index (χ0) is 17.6. The Morgan fingerprint density at radius 2 is 1.68 bits per heavy atom. The number of hydrogen-bond acceptors (Lipinski definition) is 2. The van der Waals surface area contributed by atoms with Crippen molar-refractivity contribution in [2.45, 2.75) is 51.0 Å². The van der Waals surface area contributed by atoms with Gasteiger partial charge in [0.2, 0.25) is 0 Å². The lowest BCUT2D eigenvalue weighted by atomic mass is 9.94. The minimum absolute atomic E-state index is 0.0376. The molecular weight excluding hydrogens is 357 g/mol. The molecule has 1 saturated heterocycles. The molecule has 0 atom stereocenters. The molecule has 1 aliphatic carbocycles. The fraction of sp³-hybridized carbons (Fsp3) is 0.632. The summed E-state index contributed by atoms with van der Waals surface area (Å²) in [7, 11) is 0. The molecule has 3 rings (SSSR count). The molecule has 2 amide bonds. The summed E-state index contributed by atoms with van der Waals surface area (Å²) in [6.45, 7) is 4.05. The highest BCUT2D eigenvalue weighted by atomic mass is 35.5. The standard InChI is InChI=1S/C19H27Cl2N3O/c20-15-12-16(21)14-17(13-15)22-19(25)24(18-6-2-1-3-7-18)11-10-23-8-4-5-9-23/h12-14,18H,1-11H2,(H,22,25). The van der Waals surface area contributed by atoms with E-state index in [2.05, 4.69) is 10.2 Å². The van der Waals surface area contributed by atoms with E-state index in [4.69, 9.17) is 23.2 Å². The monoisotopic (exact) mass is 383 g/mol. The minimum atomic E-state index is -0.0376. The van der Waals surface area contributed by atoms with Crippen molar-refractivity contribution in [1.82, 2.24) is 9.80 Å². The second kappa shape index (κ2) is 9.11. The zero-order valence-corrected chi connectivity index (χ0v) is 16.2. The van der Waals surface area contributed by atoms with E-state index in [0.29, 0.717) is 21.8 Å². The molecule has 0 bridgehead atoms. The molecule has 0 aromatic heterocycles. The van der Waals surface area contributed by atoms with Gasteiger partial charge in [-0.25, -0.2) is 4.79 Å². The number of urea groups is 1. The van der Waals surface area contributed by atoms with Crippen LogP contribution in [0.25, 0.3) is 0 Å². The van der Waals surface area contributed by atoms with Crippen LogP contribution in [0.1, 0.15) is 44.9 Å². The topological polar surface area (TPSA) is 35.6 Å². The Labute approximate surface area is 160 Å². The maximum Gasteiger partial charge on any atom is 0.322 e. The van der Waals surface area contributed by atoms with Crippen LogP contribution in [-0.4, -0.2) is 48.1 Å². The maximum atomic E-state index is 12.9. The minimum Gasteiger partial charge on any atom is -0.320 e. The number of likely N-dealkylation sites (tertiary alicyclic amines) is 1. The summed E-state index contributed by atoms with van der Waals surface area (Å²) in [6, 6.07) is 5.45. The molecular formula is C19H27Cl2N3O. The average Bonchev–Trinajstić information content (AvgIpc) is 3.08. The van der Waals surface area contributed by atoms with Gasteiger partial charge in [0, 0.05) is 34.9 Å². The molecule has 1 saturated carbocycles. The number of hydrogen-bond donors (Lipinski definition) is 1. The molecule has 4 nitrogen and oxygen atoms in total. The van der Waals surface area contributed by atoms with Crippen molar-refractivity contribution in [2.75, 3.05) is 31.5 Å². The molecule has 1 N–H and O–H groups in total. The summed E-state index contributed by atoms with van der Waals surface area (Å²) in [5, 5.41) is 4.06. The van der Waals surface area contributed by atoms with Gasteiger partial charge in [0.1, 0.15) is 0 Å². The van der Waals surface area contributed by atoms with Crippen LogP contribution in [-0.2, 0) is 0 Å². The average molecular weight is 384 g/mol. The Morgan fingerprint density at radius 1 is 1.04 bits per heavy atom. The normalized spacial score (nSPS) is 19.1. The van der Waals surface area contributed by atoms with Crippen molar-refractivity contribution in [1.29, 1.82) is 0 Å². The van der Waals surface area contributed by atoms with E-state index in [-0.39, 0.29) is 6.03 Å². The zero-order valence-electron chi connectivity index (χ0n) is 14.6. The highest BCUT2D eigenvalue weighted by Crippen LogP contribution is 2.26. The smallest absolute Gasteiger partial charge is 0.320 e. The molecule has 138 valence electrons. The van der Waals surface area contributed by atoms with Crippen molar-refractivity contribution in [3.8, 4) is 0 Å². The van der Waals surface area contributed by atoms with Gasteiger partial charge in [-0.15, -0.1) is 0 Å². The molecule has 1 aromatic carbocycles. The Hall–Kier alpha value is -0.970. The van der Waals surface area contributed by atoms with Gasteiger partial charge in [-0.05, 0) is 57.0 Å². The van der Waals surface area contributed by atoms with Crippen molar-refractivity contribution in [3.63, 3.8) is 0 Å². The summed E-state index contributed by atoms with van der Waals surface area (Å²) in [6.07, 6.45) is 8.45. The second-order valence-corrected chi connectivity index (χ2v) is 8.00. The third kappa shape index (κ3) is 5.50. The number of nitrogens with one attached hydrogen (secondary N) is 1. The van der Waals surface area contributed by atoms with Gasteiger partial charge in [0.05, 0.1) is 0 Å². The SMILES string of the molecule is O=C(Nc1cc(Cl)cc(Cl)c1)N(CCN1CCCC1)C1CCCCC1. The number of carbonyl (C=O) groups excluding carboxylic acids is 1. The maximum absolute atomic E-state index is 12.9. The molecule has 0 unspecified atom stereocenters. The summed E-state index contributed by atoms with van der Waals surface area (Å²) < 4.78 is 0. The highest BCUT2D eigenvalue weighted by Gasteiger charge is 2.26. The largest absolute Gasteiger partial charge is 0.322 e. The van der Waals surface area contributed by atoms with Crippen molar-refractivity contribution in [2.24, 2.45) is 0 Å². The predicted molar refractivity (Wildman–Crippen MR) is 105 cm³/mol. The highest BCUT2D eigenvalue weighted by molar-refractivity contribution is 6.35. The van der Waals surface area contributed by atoms with E-state index in [9.17, 15) is 4.79 Å². The molecule has 2 aliphatic rings. The van der Waals surface area contributed by atoms with E-state index in [1.54, 1.807) is 18.2 Å². The van der Waals surface area contributed by atoms with E-state index in [1.807, 2.05) is 4.90 Å². The summed E-state index contributed by atoms with van der Waals surface area (Å²) in [5.41, 5.74) is 0.657. The summed E-state index contributed by atoms with van der Waals surface area (Å²) in [4.78, 5) is 17.4. The van der Waals surface area contributed by atoms with Gasteiger partial charge in [0.15, 0.2) is 0 Å². The van der Waals surface area contributed by atoms with Crippen LogP contribution in [0.2, 0.25) is 10.0 Å². The number of carbonyl (C=O) groups is 1. The Balaban J connectivity index is 1.66. The molecule has 1 aromatic rings. The van der Waals surface area contributed by atoms with Crippen LogP contribution >= 0.6 is 23.2 Å². The summed E-state index contributed by atoms with van der Waals surface area (Å²) >= 11 is 12.1. The molecule has 1 heterocycles. The van der Waals surface area contributed by atoms with Gasteiger partial charge in [-0.2, -0.15) is 0 Å². The fourth-order valence-electron chi connectivity index (χ4n) is 3.92. The van der Waals surface area contributed by atoms with E-state index >= 15 is 0 Å². The molecule has 1 aliphatic heterocycles. The number of benzene rings is 1. The molecule has 6 heteroatoms. The molecule has 25 heavy (non-hydrogen) atoms. The van der Waals surface area contributed by atoms with Crippen LogP contribution in [0.15, 0.2) is 18.2 Å². The van der Waals surface area contributed by atoms with Gasteiger partial charge < -0.3 is 15.1 Å². The van der Waals surface area contributed by atoms with E-state index in [0.717, 1.165) is 39.0 Å². The lowest BCUT2D eigenvalue weighted by molar-refractivity contribution is 0.155. The number of rotatable bonds is 5. The fourth-order valence-corrected chi connectivity index (χ4v) is 4.45. The third-order valence-electron chi connectivity index (χ3n) is 5.25. The van der Waals surface area contributed by atoms with Crippen molar-refractivity contribution in [3.05, 3.63) is 28.2 Å². The van der Waals surface area contributed by atoms with Crippen LogP contribution in [0.5, 0.6) is 0 Å². The number of amides is 2. The van der Waals surface area contributed by atoms with Crippen LogP contribution in [0.4, 0.5) is 10.5 Å². The first-order valence-electron chi connectivity index (χ1n) is 9.38. The van der Waals surface area contributed by atoms with Gasteiger partial charge in [-0.3, -0.25) is 0 Å². The van der Waals surface area contributed by atoms with E-state index in [1.165, 1.54) is 32.1 Å². The van der Waals surface area contributed by atoms with E-state index < -0.39 is 0 Å². The molecule has 2 fully saturated rings. The first-order chi connectivity index (χ1) is 12.1. The second-order valence-electron chi connectivity index (χ2n) is 7.12. The Bertz CT molecular complexity index is 564. The van der Waals surface area contributed by atoms with Gasteiger partial charge >= 0.3 is 6.03 Å². The van der Waals surface area contributed by atoms with Crippen molar-refractivity contribution >= 4 is 34.9 Å². The van der Waals surface area contributed by atoms with Crippen LogP contribution in [0, 0.1) is 0 Å². The number of anilines is 1. The van der Waals surface area contributed by atoms with Crippen LogP contribution in [0.3, 0.4) is 0 Å². The molecule has 0 radical (unpaired) electrons. The lowest BCUT2D eigenvalue weighted by Gasteiger charge is -2.35. The number of halogens is 2. The lowest BCUT2D eigenvalue weighted by Crippen LogP contribution is -2.47. The van der Waals surface area contributed by atoms with Crippen molar-refractivity contribution < 1.29 is 4.79 Å². The first-order valence-corrected chi connectivity index (χ1v) is 10.1. The first kappa shape index (κ1) is 18.8.